The van der Waals surface area contributed by atoms with Gasteiger partial charge in [-0.25, -0.2) is 9.97 Å². The van der Waals surface area contributed by atoms with Crippen molar-refractivity contribution in [2.75, 3.05) is 18.0 Å². The summed E-state index contributed by atoms with van der Waals surface area (Å²) in [5.41, 5.74) is 2.86. The van der Waals surface area contributed by atoms with Crippen LogP contribution in [-0.2, 0) is 0 Å². The first kappa shape index (κ1) is 16.1. The fourth-order valence-electron chi connectivity index (χ4n) is 3.83. The van der Waals surface area contributed by atoms with Crippen LogP contribution in [0.5, 0.6) is 11.5 Å². The second-order valence-electron chi connectivity index (χ2n) is 7.04. The lowest BCUT2D eigenvalue weighted by molar-refractivity contribution is 0.489. The number of aromatic amines is 1. The zero-order valence-electron chi connectivity index (χ0n) is 15.3. The molecular weight excluding hydrogens is 338 g/mol. The van der Waals surface area contributed by atoms with Gasteiger partial charge in [0.15, 0.2) is 5.75 Å². The fourth-order valence-corrected chi connectivity index (χ4v) is 3.83. The largest absolute Gasteiger partial charge is 0.454 e. The molecule has 0 aliphatic carbocycles. The van der Waals surface area contributed by atoms with Crippen molar-refractivity contribution in [3.8, 4) is 11.5 Å². The maximum Gasteiger partial charge on any atom is 0.153 e. The van der Waals surface area contributed by atoms with E-state index in [1.807, 2.05) is 31.2 Å². The van der Waals surface area contributed by atoms with Crippen molar-refractivity contribution in [1.29, 1.82) is 0 Å². The van der Waals surface area contributed by atoms with Crippen molar-refractivity contribution < 1.29 is 4.74 Å². The Hall–Kier alpha value is -3.15. The van der Waals surface area contributed by atoms with Crippen LogP contribution in [-0.4, -0.2) is 33.3 Å². The monoisotopic (exact) mass is 359 g/mol. The number of rotatable bonds is 3. The Morgan fingerprint density at radius 3 is 2.78 bits per heavy atom. The molecule has 3 heterocycles. The topological polar surface area (TPSA) is 66.9 Å². The molecule has 0 amide bonds. The minimum absolute atomic E-state index is 0.741. The first-order chi connectivity index (χ1) is 13.3. The van der Waals surface area contributed by atoms with Crippen molar-refractivity contribution in [2.45, 2.75) is 26.2 Å². The highest BCUT2D eigenvalue weighted by Gasteiger charge is 2.18. The third-order valence-electron chi connectivity index (χ3n) is 5.25. The van der Waals surface area contributed by atoms with E-state index in [1.54, 1.807) is 12.5 Å². The number of aromatic nitrogens is 4. The van der Waals surface area contributed by atoms with E-state index >= 15 is 0 Å². The third-order valence-corrected chi connectivity index (χ3v) is 5.25. The first-order valence-electron chi connectivity index (χ1n) is 9.40. The Morgan fingerprint density at radius 2 is 1.89 bits per heavy atom. The van der Waals surface area contributed by atoms with E-state index in [4.69, 9.17) is 4.74 Å². The van der Waals surface area contributed by atoms with Gasteiger partial charge in [0.1, 0.15) is 23.4 Å². The average Bonchev–Trinajstić information content (AvgIpc) is 3.19. The van der Waals surface area contributed by atoms with Crippen molar-refractivity contribution in [3.63, 3.8) is 0 Å². The van der Waals surface area contributed by atoms with Crippen LogP contribution in [0.15, 0.2) is 42.9 Å². The lowest BCUT2D eigenvalue weighted by Gasteiger charge is -2.28. The highest BCUT2D eigenvalue weighted by atomic mass is 16.5. The fraction of sp³-hybridized carbons (Fsp3) is 0.286. The summed E-state index contributed by atoms with van der Waals surface area (Å²) in [6.45, 7) is 4.14. The van der Waals surface area contributed by atoms with E-state index < -0.39 is 0 Å². The van der Waals surface area contributed by atoms with E-state index in [2.05, 4.69) is 31.1 Å². The first-order valence-corrected chi connectivity index (χ1v) is 9.40. The Bertz CT molecular complexity index is 1110. The van der Waals surface area contributed by atoms with Crippen LogP contribution in [0.4, 0.5) is 5.82 Å². The predicted octanol–water partition coefficient (Wildman–Crippen LogP) is 4.60. The summed E-state index contributed by atoms with van der Waals surface area (Å²) in [7, 11) is 0. The van der Waals surface area contributed by atoms with Crippen LogP contribution in [0.2, 0.25) is 0 Å². The number of piperidine rings is 1. The molecule has 5 rings (SSSR count). The smallest absolute Gasteiger partial charge is 0.153 e. The van der Waals surface area contributed by atoms with Gasteiger partial charge < -0.3 is 9.64 Å². The quantitative estimate of drug-likeness (QED) is 0.579. The van der Waals surface area contributed by atoms with Crippen LogP contribution in [0.1, 0.15) is 24.8 Å². The van der Waals surface area contributed by atoms with Crippen LogP contribution in [0, 0.1) is 6.92 Å². The van der Waals surface area contributed by atoms with Gasteiger partial charge in [-0.05, 0) is 49.9 Å². The minimum Gasteiger partial charge on any atom is -0.454 e. The molecule has 6 nitrogen and oxygen atoms in total. The van der Waals surface area contributed by atoms with Crippen molar-refractivity contribution in [3.05, 3.63) is 48.4 Å². The highest BCUT2D eigenvalue weighted by Crippen LogP contribution is 2.37. The molecule has 6 heteroatoms. The SMILES string of the molecule is Cc1ccc2[nH]ncc2c1Oc1cccc2c(N3CCCCC3)ncnc12. The van der Waals surface area contributed by atoms with Crippen molar-refractivity contribution >= 4 is 27.6 Å². The van der Waals surface area contributed by atoms with Crippen molar-refractivity contribution in [2.24, 2.45) is 0 Å². The van der Waals surface area contributed by atoms with E-state index in [0.29, 0.717) is 0 Å². The summed E-state index contributed by atoms with van der Waals surface area (Å²) < 4.78 is 6.37. The number of H-pyrrole nitrogens is 1. The Morgan fingerprint density at radius 1 is 1.00 bits per heavy atom. The van der Waals surface area contributed by atoms with Crippen LogP contribution < -0.4 is 9.64 Å². The molecule has 1 aliphatic heterocycles. The molecule has 0 saturated carbocycles. The number of nitrogens with one attached hydrogen (secondary N) is 1. The summed E-state index contributed by atoms with van der Waals surface area (Å²) in [4.78, 5) is 11.5. The van der Waals surface area contributed by atoms with Crippen LogP contribution in [0.25, 0.3) is 21.8 Å². The zero-order valence-corrected chi connectivity index (χ0v) is 15.3. The number of fused-ring (bicyclic) bond motifs is 2. The summed E-state index contributed by atoms with van der Waals surface area (Å²) in [6, 6.07) is 10.1. The van der Waals surface area contributed by atoms with Gasteiger partial charge in [0, 0.05) is 18.5 Å². The summed E-state index contributed by atoms with van der Waals surface area (Å²) in [5, 5.41) is 9.15. The molecule has 0 spiro atoms. The number of nitrogens with zero attached hydrogens (tertiary/aromatic N) is 4. The predicted molar refractivity (Wildman–Crippen MR) is 107 cm³/mol. The summed E-state index contributed by atoms with van der Waals surface area (Å²) in [6.07, 6.45) is 7.16. The second kappa shape index (κ2) is 6.54. The number of hydrogen-bond donors (Lipinski definition) is 1. The molecule has 0 unspecified atom stereocenters. The third kappa shape index (κ3) is 2.77. The summed E-state index contributed by atoms with van der Waals surface area (Å²) in [5.74, 6) is 2.56. The van der Waals surface area contributed by atoms with Crippen molar-refractivity contribution in [1.82, 2.24) is 20.2 Å². The normalized spacial score (nSPS) is 14.8. The number of ether oxygens (including phenoxy) is 1. The second-order valence-corrected chi connectivity index (χ2v) is 7.04. The number of para-hydroxylation sites is 1. The maximum absolute atomic E-state index is 6.37. The number of benzene rings is 2. The number of aryl methyl sites for hydroxylation is 1. The molecule has 136 valence electrons. The molecule has 27 heavy (non-hydrogen) atoms. The summed E-state index contributed by atoms with van der Waals surface area (Å²) >= 11 is 0. The standard InChI is InChI=1S/C21H21N5O/c1-14-8-9-17-16(12-24-25-17)20(14)27-18-7-5-6-15-19(18)22-13-23-21(15)26-10-3-2-4-11-26/h5-9,12-13H,2-4,10-11H2,1H3,(H,24,25). The van der Waals surface area contributed by atoms with E-state index in [-0.39, 0.29) is 0 Å². The molecule has 0 atom stereocenters. The molecule has 1 fully saturated rings. The molecule has 2 aromatic heterocycles. The highest BCUT2D eigenvalue weighted by molar-refractivity contribution is 5.94. The zero-order chi connectivity index (χ0) is 18.2. The molecular formula is C21H21N5O. The Balaban J connectivity index is 1.61. The van der Waals surface area contributed by atoms with Gasteiger partial charge in [0.25, 0.3) is 0 Å². The molecule has 2 aromatic carbocycles. The van der Waals surface area contributed by atoms with Gasteiger partial charge in [0.2, 0.25) is 0 Å². The van der Waals surface area contributed by atoms with E-state index in [9.17, 15) is 0 Å². The Kier molecular flexibility index (Phi) is 3.89. The van der Waals surface area contributed by atoms with Gasteiger partial charge >= 0.3 is 0 Å². The van der Waals surface area contributed by atoms with Gasteiger partial charge in [-0.15, -0.1) is 0 Å². The molecule has 1 aliphatic rings. The van der Waals surface area contributed by atoms with Gasteiger partial charge in [-0.3, -0.25) is 5.10 Å². The number of hydrogen-bond acceptors (Lipinski definition) is 5. The van der Waals surface area contributed by atoms with Crippen LogP contribution in [0.3, 0.4) is 0 Å². The minimum atomic E-state index is 0.741. The Labute approximate surface area is 157 Å². The maximum atomic E-state index is 6.37. The lowest BCUT2D eigenvalue weighted by Crippen LogP contribution is -2.30. The molecule has 0 bridgehead atoms. The van der Waals surface area contributed by atoms with E-state index in [1.165, 1.54) is 19.3 Å². The van der Waals surface area contributed by atoms with Gasteiger partial charge in [-0.1, -0.05) is 12.1 Å². The van der Waals surface area contributed by atoms with Gasteiger partial charge in [0.05, 0.1) is 17.1 Å². The van der Waals surface area contributed by atoms with E-state index in [0.717, 1.165) is 57.8 Å². The van der Waals surface area contributed by atoms with Crippen LogP contribution >= 0.6 is 0 Å². The molecule has 1 saturated heterocycles. The lowest BCUT2D eigenvalue weighted by atomic mass is 10.1. The molecule has 1 N–H and O–H groups in total. The average molecular weight is 359 g/mol. The molecule has 0 radical (unpaired) electrons. The molecule has 4 aromatic rings. The van der Waals surface area contributed by atoms with Gasteiger partial charge in [-0.2, -0.15) is 5.10 Å². The number of anilines is 1.